The van der Waals surface area contributed by atoms with Crippen LogP contribution in [0.4, 0.5) is 0 Å². The van der Waals surface area contributed by atoms with Gasteiger partial charge in [0.1, 0.15) is 0 Å². The van der Waals surface area contributed by atoms with Gasteiger partial charge in [-0.25, -0.2) is 0 Å². The van der Waals surface area contributed by atoms with Crippen LogP contribution in [0.2, 0.25) is 0 Å². The summed E-state index contributed by atoms with van der Waals surface area (Å²) in [6, 6.07) is 10.7. The van der Waals surface area contributed by atoms with E-state index in [-0.39, 0.29) is 0 Å². The molecule has 0 nitrogen and oxygen atoms in total. The molecule has 0 heterocycles. The third-order valence-electron chi connectivity index (χ3n) is 2.60. The molecule has 0 aromatic heterocycles. The van der Waals surface area contributed by atoms with Crippen LogP contribution in [0.5, 0.6) is 0 Å². The molecule has 0 N–H and O–H groups in total. The molecular formula is C12H18. The molecule has 0 aliphatic rings. The van der Waals surface area contributed by atoms with Crippen LogP contribution in [0.25, 0.3) is 0 Å². The fourth-order valence-electron chi connectivity index (χ4n) is 1.24. The smallest absolute Gasteiger partial charge is 0.0142 e. The van der Waals surface area contributed by atoms with Crippen LogP contribution in [0.3, 0.4) is 0 Å². The summed E-state index contributed by atoms with van der Waals surface area (Å²) in [4.78, 5) is 0. The molecule has 0 amide bonds. The standard InChI is InChI=1S/C12H18/c1-10(12(2,3)4)11-8-6-5-7-9-11/h5-10H,1-4H3/t10-/m0/s1. The number of rotatable bonds is 1. The van der Waals surface area contributed by atoms with Gasteiger partial charge in [-0.2, -0.15) is 0 Å². The monoisotopic (exact) mass is 162 g/mol. The highest BCUT2D eigenvalue weighted by Crippen LogP contribution is 2.33. The minimum absolute atomic E-state index is 0.362. The molecule has 0 aliphatic carbocycles. The number of hydrogen-bond donors (Lipinski definition) is 0. The quantitative estimate of drug-likeness (QED) is 0.588. The van der Waals surface area contributed by atoms with Gasteiger partial charge in [0.05, 0.1) is 0 Å². The molecule has 0 unspecified atom stereocenters. The van der Waals surface area contributed by atoms with Crippen molar-refractivity contribution in [3.63, 3.8) is 0 Å². The van der Waals surface area contributed by atoms with Crippen molar-refractivity contribution in [2.45, 2.75) is 33.6 Å². The van der Waals surface area contributed by atoms with E-state index in [1.165, 1.54) is 5.56 Å². The average molecular weight is 162 g/mol. The highest BCUT2D eigenvalue weighted by Gasteiger charge is 2.20. The van der Waals surface area contributed by atoms with Crippen LogP contribution in [0, 0.1) is 5.41 Å². The third-order valence-corrected chi connectivity index (χ3v) is 2.60. The fourth-order valence-corrected chi connectivity index (χ4v) is 1.24. The molecular weight excluding hydrogens is 144 g/mol. The first-order valence-corrected chi connectivity index (χ1v) is 4.57. The predicted octanol–water partition coefficient (Wildman–Crippen LogP) is 3.84. The Kier molecular flexibility index (Phi) is 2.56. The second-order valence-corrected chi connectivity index (χ2v) is 4.50. The maximum absolute atomic E-state index is 2.29. The summed E-state index contributed by atoms with van der Waals surface area (Å²) in [6.45, 7) is 9.13. The Morgan fingerprint density at radius 1 is 1.00 bits per heavy atom. The molecule has 12 heavy (non-hydrogen) atoms. The van der Waals surface area contributed by atoms with Crippen molar-refractivity contribution in [1.82, 2.24) is 0 Å². The van der Waals surface area contributed by atoms with E-state index in [2.05, 4.69) is 58.0 Å². The van der Waals surface area contributed by atoms with Crippen molar-refractivity contribution in [2.75, 3.05) is 0 Å². The molecule has 66 valence electrons. The topological polar surface area (TPSA) is 0 Å². The van der Waals surface area contributed by atoms with Gasteiger partial charge in [-0.15, -0.1) is 0 Å². The Morgan fingerprint density at radius 3 is 1.92 bits per heavy atom. The lowest BCUT2D eigenvalue weighted by molar-refractivity contribution is 0.339. The van der Waals surface area contributed by atoms with Gasteiger partial charge < -0.3 is 0 Å². The highest BCUT2D eigenvalue weighted by molar-refractivity contribution is 5.20. The van der Waals surface area contributed by atoms with Crippen LogP contribution in [0.1, 0.15) is 39.2 Å². The normalized spacial score (nSPS) is 14.3. The van der Waals surface area contributed by atoms with Gasteiger partial charge in [0.25, 0.3) is 0 Å². The van der Waals surface area contributed by atoms with Crippen molar-refractivity contribution in [1.29, 1.82) is 0 Å². The van der Waals surface area contributed by atoms with Crippen molar-refractivity contribution >= 4 is 0 Å². The Balaban J connectivity index is 2.86. The van der Waals surface area contributed by atoms with Crippen LogP contribution in [-0.4, -0.2) is 0 Å². The molecule has 1 atom stereocenters. The molecule has 0 fully saturated rings. The first-order chi connectivity index (χ1) is 5.52. The van der Waals surface area contributed by atoms with Gasteiger partial charge in [0.15, 0.2) is 0 Å². The van der Waals surface area contributed by atoms with Gasteiger partial charge in [0.2, 0.25) is 0 Å². The molecule has 1 aromatic carbocycles. The zero-order chi connectivity index (χ0) is 9.19. The molecule has 0 saturated heterocycles. The van der Waals surface area contributed by atoms with Crippen molar-refractivity contribution in [3.05, 3.63) is 35.9 Å². The first kappa shape index (κ1) is 9.31. The summed E-state index contributed by atoms with van der Waals surface area (Å²) in [6.07, 6.45) is 0. The Morgan fingerprint density at radius 2 is 1.50 bits per heavy atom. The highest BCUT2D eigenvalue weighted by atomic mass is 14.3. The summed E-state index contributed by atoms with van der Waals surface area (Å²) in [7, 11) is 0. The van der Waals surface area contributed by atoms with Gasteiger partial charge in [-0.1, -0.05) is 58.0 Å². The lowest BCUT2D eigenvalue weighted by atomic mass is 9.78. The number of benzene rings is 1. The molecule has 0 saturated carbocycles. The first-order valence-electron chi connectivity index (χ1n) is 4.57. The molecule has 1 rings (SSSR count). The van der Waals surface area contributed by atoms with E-state index in [9.17, 15) is 0 Å². The van der Waals surface area contributed by atoms with E-state index in [0.717, 1.165) is 0 Å². The van der Waals surface area contributed by atoms with Crippen molar-refractivity contribution in [3.8, 4) is 0 Å². The van der Waals surface area contributed by atoms with Crippen LogP contribution < -0.4 is 0 Å². The summed E-state index contributed by atoms with van der Waals surface area (Å²) < 4.78 is 0. The van der Waals surface area contributed by atoms with Crippen LogP contribution in [0.15, 0.2) is 30.3 Å². The van der Waals surface area contributed by atoms with E-state index in [0.29, 0.717) is 11.3 Å². The maximum atomic E-state index is 2.29. The summed E-state index contributed by atoms with van der Waals surface area (Å²) in [5, 5.41) is 0. The molecule has 0 aliphatic heterocycles. The van der Waals surface area contributed by atoms with E-state index in [4.69, 9.17) is 0 Å². The van der Waals surface area contributed by atoms with E-state index in [1.54, 1.807) is 0 Å². The lowest BCUT2D eigenvalue weighted by Crippen LogP contribution is -2.14. The van der Waals surface area contributed by atoms with Crippen LogP contribution in [-0.2, 0) is 0 Å². The Bertz CT molecular complexity index is 228. The largest absolute Gasteiger partial charge is 0.0622 e. The summed E-state index contributed by atoms with van der Waals surface area (Å²) >= 11 is 0. The van der Waals surface area contributed by atoms with E-state index < -0.39 is 0 Å². The zero-order valence-corrected chi connectivity index (χ0v) is 8.46. The second-order valence-electron chi connectivity index (χ2n) is 4.50. The summed E-state index contributed by atoms with van der Waals surface area (Å²) in [5.74, 6) is 0.624. The zero-order valence-electron chi connectivity index (χ0n) is 8.46. The second kappa shape index (κ2) is 3.30. The molecule has 0 heteroatoms. The molecule has 0 bridgehead atoms. The van der Waals surface area contributed by atoms with Gasteiger partial charge >= 0.3 is 0 Å². The minimum Gasteiger partial charge on any atom is -0.0622 e. The maximum Gasteiger partial charge on any atom is -0.0142 e. The molecule has 0 spiro atoms. The lowest BCUT2D eigenvalue weighted by Gasteiger charge is -2.27. The van der Waals surface area contributed by atoms with Crippen molar-refractivity contribution in [2.24, 2.45) is 5.41 Å². The predicted molar refractivity (Wildman–Crippen MR) is 54.3 cm³/mol. The SMILES string of the molecule is C[C@@H](c1ccccc1)C(C)(C)C. The summed E-state index contributed by atoms with van der Waals surface area (Å²) in [5.41, 5.74) is 1.80. The fraction of sp³-hybridized carbons (Fsp3) is 0.500. The van der Waals surface area contributed by atoms with Gasteiger partial charge in [0, 0.05) is 0 Å². The average Bonchev–Trinajstić information content (AvgIpc) is 2.03. The van der Waals surface area contributed by atoms with Gasteiger partial charge in [-0.05, 0) is 16.9 Å². The Labute approximate surface area is 75.6 Å². The molecule has 1 aromatic rings. The number of hydrogen-bond acceptors (Lipinski definition) is 0. The van der Waals surface area contributed by atoms with Crippen LogP contribution >= 0.6 is 0 Å². The van der Waals surface area contributed by atoms with E-state index in [1.807, 2.05) is 0 Å². The molecule has 0 radical (unpaired) electrons. The van der Waals surface area contributed by atoms with Crippen molar-refractivity contribution < 1.29 is 0 Å². The van der Waals surface area contributed by atoms with Gasteiger partial charge in [-0.3, -0.25) is 0 Å². The minimum atomic E-state index is 0.362. The third kappa shape index (κ3) is 2.10. The Hall–Kier alpha value is -0.780. The van der Waals surface area contributed by atoms with E-state index >= 15 is 0 Å².